The second kappa shape index (κ2) is 8.09. The number of hydrogen-bond acceptors (Lipinski definition) is 5. The molecule has 1 aliphatic carbocycles. The lowest BCUT2D eigenvalue weighted by atomic mass is 9.69. The Morgan fingerprint density at radius 2 is 1.85 bits per heavy atom. The molecular weight excluding hydrogens is 384 g/mol. The molecule has 0 radical (unpaired) electrons. The highest BCUT2D eigenvalue weighted by Gasteiger charge is 2.41. The van der Waals surface area contributed by atoms with Crippen LogP contribution in [0, 0.1) is 17.8 Å². The molecule has 1 amide bonds. The third-order valence-electron chi connectivity index (χ3n) is 5.42. The number of halogens is 1. The van der Waals surface area contributed by atoms with Crippen LogP contribution in [0.3, 0.4) is 0 Å². The number of rotatable bonds is 5. The number of carbonyl (C=O) groups is 2. The molecule has 1 N–H and O–H groups in total. The average Bonchev–Trinajstić information content (AvgIpc) is 3.09. The van der Waals surface area contributed by atoms with Crippen LogP contribution in [0.15, 0.2) is 29.6 Å². The normalized spacial score (nSPS) is 22.9. The Balaban J connectivity index is 1.31. The van der Waals surface area contributed by atoms with Crippen LogP contribution >= 0.6 is 22.9 Å². The highest BCUT2D eigenvalue weighted by molar-refractivity contribution is 7.14. The van der Waals surface area contributed by atoms with E-state index >= 15 is 0 Å². The maximum atomic E-state index is 12.5. The van der Waals surface area contributed by atoms with Crippen molar-refractivity contribution in [3.63, 3.8) is 0 Å². The van der Waals surface area contributed by atoms with Crippen LogP contribution < -0.4 is 5.32 Å². The van der Waals surface area contributed by atoms with E-state index in [9.17, 15) is 9.59 Å². The summed E-state index contributed by atoms with van der Waals surface area (Å²) in [5, 5.41) is 5.97. The molecule has 2 aliphatic rings. The minimum atomic E-state index is -0.105. The third-order valence-corrected chi connectivity index (χ3v) is 6.51. The van der Waals surface area contributed by atoms with Gasteiger partial charge in [0.25, 0.3) is 0 Å². The molecule has 2 heterocycles. The van der Waals surface area contributed by atoms with Gasteiger partial charge in [-0.05, 0) is 31.7 Å². The molecule has 0 spiro atoms. The molecule has 4 rings (SSSR count). The van der Waals surface area contributed by atoms with Gasteiger partial charge < -0.3 is 10.1 Å². The molecule has 1 aromatic carbocycles. The molecule has 7 heteroatoms. The number of ether oxygens (including phenoxy) is 1. The number of thiazole rings is 1. The second-order valence-corrected chi connectivity index (χ2v) is 8.43. The lowest BCUT2D eigenvalue weighted by Gasteiger charge is -2.35. The lowest BCUT2D eigenvalue weighted by Crippen LogP contribution is -2.41. The summed E-state index contributed by atoms with van der Waals surface area (Å²) in [6.07, 6.45) is 2.92. The van der Waals surface area contributed by atoms with Crippen LogP contribution in [0.4, 0.5) is 5.13 Å². The first kappa shape index (κ1) is 18.6. The smallest absolute Gasteiger partial charge is 0.229 e. The maximum absolute atomic E-state index is 12.5. The molecule has 1 saturated carbocycles. The van der Waals surface area contributed by atoms with Crippen molar-refractivity contribution < 1.29 is 14.3 Å². The monoisotopic (exact) mass is 404 g/mol. The molecule has 5 nitrogen and oxygen atoms in total. The lowest BCUT2D eigenvalue weighted by molar-refractivity contribution is -0.136. The Morgan fingerprint density at radius 3 is 2.59 bits per heavy atom. The van der Waals surface area contributed by atoms with Crippen molar-refractivity contribution in [1.29, 1.82) is 0 Å². The first-order chi connectivity index (χ1) is 13.1. The fourth-order valence-corrected chi connectivity index (χ4v) is 4.66. The van der Waals surface area contributed by atoms with Crippen molar-refractivity contribution in [3.05, 3.63) is 34.7 Å². The van der Waals surface area contributed by atoms with Gasteiger partial charge in [0, 0.05) is 46.9 Å². The fourth-order valence-electron chi connectivity index (χ4n) is 3.71. The summed E-state index contributed by atoms with van der Waals surface area (Å²) in [5.74, 6) is 0.305. The fraction of sp³-hybridized carbons (Fsp3) is 0.450. The third kappa shape index (κ3) is 4.08. The van der Waals surface area contributed by atoms with Gasteiger partial charge in [-0.25, -0.2) is 4.98 Å². The number of ketones is 1. The summed E-state index contributed by atoms with van der Waals surface area (Å²) < 4.78 is 5.32. The van der Waals surface area contributed by atoms with Crippen LogP contribution in [0.5, 0.6) is 0 Å². The van der Waals surface area contributed by atoms with E-state index in [1.807, 2.05) is 29.6 Å². The summed E-state index contributed by atoms with van der Waals surface area (Å²) in [7, 11) is 0. The van der Waals surface area contributed by atoms with E-state index in [-0.39, 0.29) is 23.7 Å². The minimum absolute atomic E-state index is 0.0267. The zero-order valence-electron chi connectivity index (χ0n) is 14.8. The molecule has 1 aliphatic heterocycles. The predicted molar refractivity (Wildman–Crippen MR) is 106 cm³/mol. The topological polar surface area (TPSA) is 68.3 Å². The molecule has 142 valence electrons. The van der Waals surface area contributed by atoms with Gasteiger partial charge in [0.2, 0.25) is 5.91 Å². The summed E-state index contributed by atoms with van der Waals surface area (Å²) >= 11 is 7.58. The Hall–Kier alpha value is -1.76. The Bertz CT molecular complexity index is 841. The SMILES string of the molecule is O=C(Nc1nc(-c2ccccc2Cl)cs1)C1CC(C(=O)C2CCOCC2)C1. The number of nitrogens with zero attached hydrogens (tertiary/aromatic N) is 1. The zero-order valence-corrected chi connectivity index (χ0v) is 16.4. The average molecular weight is 405 g/mol. The molecule has 0 atom stereocenters. The Morgan fingerprint density at radius 1 is 1.11 bits per heavy atom. The number of anilines is 1. The number of hydrogen-bond donors (Lipinski definition) is 1. The molecule has 0 bridgehead atoms. The largest absolute Gasteiger partial charge is 0.381 e. The first-order valence-corrected chi connectivity index (χ1v) is 10.5. The number of benzene rings is 1. The molecule has 27 heavy (non-hydrogen) atoms. The molecule has 2 fully saturated rings. The van der Waals surface area contributed by atoms with Crippen LogP contribution in [-0.2, 0) is 14.3 Å². The van der Waals surface area contributed by atoms with Crippen molar-refractivity contribution in [3.8, 4) is 11.3 Å². The van der Waals surface area contributed by atoms with Crippen LogP contribution in [0.25, 0.3) is 11.3 Å². The standard InChI is InChI=1S/C20H21ClN2O3S/c21-16-4-2-1-3-15(16)17-11-27-20(22-17)23-19(25)14-9-13(10-14)18(24)12-5-7-26-8-6-12/h1-4,11-14H,5-10H2,(H,22,23,25). The summed E-state index contributed by atoms with van der Waals surface area (Å²) in [4.78, 5) is 29.4. The van der Waals surface area contributed by atoms with Gasteiger partial charge in [-0.1, -0.05) is 29.8 Å². The van der Waals surface area contributed by atoms with Crippen LogP contribution in [0.2, 0.25) is 5.02 Å². The van der Waals surface area contributed by atoms with Gasteiger partial charge in [-0.15, -0.1) is 11.3 Å². The van der Waals surface area contributed by atoms with E-state index in [4.69, 9.17) is 16.3 Å². The van der Waals surface area contributed by atoms with E-state index in [1.54, 1.807) is 0 Å². The molecule has 1 aromatic heterocycles. The number of carbonyl (C=O) groups excluding carboxylic acids is 2. The van der Waals surface area contributed by atoms with Gasteiger partial charge in [0.15, 0.2) is 5.13 Å². The Labute approximate surface area is 167 Å². The van der Waals surface area contributed by atoms with E-state index < -0.39 is 0 Å². The number of Topliss-reactive ketones (excluding diaryl/α,β-unsaturated/α-hetero) is 1. The van der Waals surface area contributed by atoms with Crippen LogP contribution in [-0.4, -0.2) is 29.9 Å². The van der Waals surface area contributed by atoms with Crippen molar-refractivity contribution in [2.45, 2.75) is 25.7 Å². The number of aromatic nitrogens is 1. The van der Waals surface area contributed by atoms with E-state index in [2.05, 4.69) is 10.3 Å². The highest BCUT2D eigenvalue weighted by Crippen LogP contribution is 2.39. The van der Waals surface area contributed by atoms with Crippen molar-refractivity contribution >= 4 is 39.8 Å². The number of amides is 1. The van der Waals surface area contributed by atoms with Crippen molar-refractivity contribution in [2.24, 2.45) is 17.8 Å². The quantitative estimate of drug-likeness (QED) is 0.800. The van der Waals surface area contributed by atoms with E-state index in [0.29, 0.717) is 42.0 Å². The first-order valence-electron chi connectivity index (χ1n) is 9.24. The molecule has 1 saturated heterocycles. The minimum Gasteiger partial charge on any atom is -0.381 e. The molecule has 2 aromatic rings. The van der Waals surface area contributed by atoms with E-state index in [1.165, 1.54) is 11.3 Å². The van der Waals surface area contributed by atoms with Gasteiger partial charge in [0.05, 0.1) is 5.69 Å². The maximum Gasteiger partial charge on any atom is 0.229 e. The van der Waals surface area contributed by atoms with Crippen LogP contribution in [0.1, 0.15) is 25.7 Å². The zero-order chi connectivity index (χ0) is 18.8. The van der Waals surface area contributed by atoms with Crippen molar-refractivity contribution in [2.75, 3.05) is 18.5 Å². The second-order valence-electron chi connectivity index (χ2n) is 7.16. The molecule has 0 unspecified atom stereocenters. The highest BCUT2D eigenvalue weighted by atomic mass is 35.5. The number of nitrogens with one attached hydrogen (secondary N) is 1. The van der Waals surface area contributed by atoms with E-state index in [0.717, 1.165) is 24.1 Å². The Kier molecular flexibility index (Phi) is 5.57. The summed E-state index contributed by atoms with van der Waals surface area (Å²) in [6.45, 7) is 1.34. The van der Waals surface area contributed by atoms with Gasteiger partial charge in [-0.2, -0.15) is 0 Å². The summed E-state index contributed by atoms with van der Waals surface area (Å²) in [5.41, 5.74) is 1.60. The van der Waals surface area contributed by atoms with Gasteiger partial charge in [0.1, 0.15) is 5.78 Å². The molecular formula is C20H21ClN2O3S. The van der Waals surface area contributed by atoms with Gasteiger partial charge >= 0.3 is 0 Å². The van der Waals surface area contributed by atoms with Crippen molar-refractivity contribution in [1.82, 2.24) is 4.98 Å². The predicted octanol–water partition coefficient (Wildman–Crippen LogP) is 4.42. The van der Waals surface area contributed by atoms with Gasteiger partial charge in [-0.3, -0.25) is 9.59 Å². The summed E-state index contributed by atoms with van der Waals surface area (Å²) in [6, 6.07) is 7.50.